The molecule has 0 bridgehead atoms. The molecule has 0 saturated heterocycles. The highest BCUT2D eigenvalue weighted by molar-refractivity contribution is 5.77. The van der Waals surface area contributed by atoms with E-state index in [1.165, 1.54) is 20.2 Å². The molecule has 0 aliphatic rings. The van der Waals surface area contributed by atoms with Gasteiger partial charge in [0.25, 0.3) is 0 Å². The van der Waals surface area contributed by atoms with E-state index >= 15 is 0 Å². The van der Waals surface area contributed by atoms with Gasteiger partial charge in [-0.15, -0.1) is 0 Å². The first kappa shape index (κ1) is 10.5. The maximum Gasteiger partial charge on any atom is 0.347 e. The number of carboxylic acids is 1. The average molecular weight is 221 g/mol. The largest absolute Gasteiger partial charge is 0.478 e. The van der Waals surface area contributed by atoms with E-state index in [0.717, 1.165) is 0 Å². The first-order valence-electron chi connectivity index (χ1n) is 4.75. The second-order valence-corrected chi connectivity index (χ2v) is 3.90. The predicted octanol–water partition coefficient (Wildman–Crippen LogP) is 2.07. The number of ether oxygens (including phenoxy) is 1. The lowest BCUT2D eigenvalue weighted by atomic mass is 10.1. The quantitative estimate of drug-likeness (QED) is 0.858. The van der Waals surface area contributed by atoms with Crippen LogP contribution in [-0.2, 0) is 4.79 Å². The van der Waals surface area contributed by atoms with Crippen LogP contribution < -0.4 is 4.74 Å². The van der Waals surface area contributed by atoms with Gasteiger partial charge in [-0.3, -0.25) is 0 Å². The van der Waals surface area contributed by atoms with Crippen LogP contribution in [0.15, 0.2) is 29.0 Å². The van der Waals surface area contributed by atoms with Gasteiger partial charge in [0.2, 0.25) is 0 Å². The van der Waals surface area contributed by atoms with Gasteiger partial charge >= 0.3 is 5.97 Å². The molecule has 0 aliphatic carbocycles. The molecule has 0 amide bonds. The molecule has 5 heteroatoms. The molecule has 1 aromatic carbocycles. The molecule has 1 aromatic heterocycles. The molecule has 0 spiro atoms. The Morgan fingerprint density at radius 3 is 2.94 bits per heavy atom. The van der Waals surface area contributed by atoms with Gasteiger partial charge in [0, 0.05) is 6.07 Å². The van der Waals surface area contributed by atoms with Gasteiger partial charge in [0.15, 0.2) is 17.6 Å². The normalized spacial score (nSPS) is 11.6. The van der Waals surface area contributed by atoms with Crippen molar-refractivity contribution in [3.05, 3.63) is 24.6 Å². The van der Waals surface area contributed by atoms with Crippen LogP contribution >= 0.6 is 0 Å². The van der Waals surface area contributed by atoms with Gasteiger partial charge in [0.1, 0.15) is 11.3 Å². The van der Waals surface area contributed by atoms with Crippen LogP contribution in [0.3, 0.4) is 0 Å². The fraction of sp³-hybridized carbons (Fsp3) is 0.273. The van der Waals surface area contributed by atoms with Crippen molar-refractivity contribution in [3.63, 3.8) is 0 Å². The minimum Gasteiger partial charge on any atom is -0.478 e. The van der Waals surface area contributed by atoms with E-state index in [2.05, 4.69) is 4.98 Å². The van der Waals surface area contributed by atoms with Crippen molar-refractivity contribution in [3.8, 4) is 5.75 Å². The summed E-state index contributed by atoms with van der Waals surface area (Å²) in [5, 5.41) is 8.92. The van der Waals surface area contributed by atoms with Crippen molar-refractivity contribution < 1.29 is 19.1 Å². The first-order valence-corrected chi connectivity index (χ1v) is 4.75. The smallest absolute Gasteiger partial charge is 0.347 e. The van der Waals surface area contributed by atoms with E-state index in [4.69, 9.17) is 14.3 Å². The van der Waals surface area contributed by atoms with E-state index in [1.54, 1.807) is 18.2 Å². The van der Waals surface area contributed by atoms with Gasteiger partial charge in [0.05, 0.1) is 0 Å². The van der Waals surface area contributed by atoms with Crippen molar-refractivity contribution in [1.82, 2.24) is 4.98 Å². The van der Waals surface area contributed by atoms with Gasteiger partial charge in [-0.1, -0.05) is 0 Å². The van der Waals surface area contributed by atoms with E-state index in [9.17, 15) is 4.79 Å². The Labute approximate surface area is 91.7 Å². The third kappa shape index (κ3) is 1.84. The van der Waals surface area contributed by atoms with Crippen LogP contribution in [0.4, 0.5) is 0 Å². The van der Waals surface area contributed by atoms with Gasteiger partial charge in [-0.25, -0.2) is 9.78 Å². The van der Waals surface area contributed by atoms with E-state index < -0.39 is 11.6 Å². The van der Waals surface area contributed by atoms with Crippen molar-refractivity contribution in [2.75, 3.05) is 0 Å². The second-order valence-electron chi connectivity index (χ2n) is 3.90. The summed E-state index contributed by atoms with van der Waals surface area (Å²) >= 11 is 0. The van der Waals surface area contributed by atoms with Gasteiger partial charge in [-0.05, 0) is 26.0 Å². The monoisotopic (exact) mass is 221 g/mol. The lowest BCUT2D eigenvalue weighted by Crippen LogP contribution is -2.37. The van der Waals surface area contributed by atoms with Gasteiger partial charge in [-0.2, -0.15) is 0 Å². The van der Waals surface area contributed by atoms with Crippen molar-refractivity contribution in [1.29, 1.82) is 0 Å². The number of carboxylic acid groups (broad SMARTS) is 1. The number of hydrogen-bond donors (Lipinski definition) is 1. The van der Waals surface area contributed by atoms with Crippen LogP contribution in [-0.4, -0.2) is 21.7 Å². The molecule has 0 saturated carbocycles. The maximum atomic E-state index is 10.9. The van der Waals surface area contributed by atoms with Crippen LogP contribution in [0.25, 0.3) is 11.1 Å². The Morgan fingerprint density at radius 1 is 1.50 bits per heavy atom. The zero-order chi connectivity index (χ0) is 11.8. The lowest BCUT2D eigenvalue weighted by molar-refractivity contribution is -0.152. The Morgan fingerprint density at radius 2 is 2.25 bits per heavy atom. The SMILES string of the molecule is CC(C)(Oc1ccc2ncoc2c1)C(=O)O. The highest BCUT2D eigenvalue weighted by Gasteiger charge is 2.29. The predicted molar refractivity (Wildman–Crippen MR) is 56.4 cm³/mol. The molecule has 16 heavy (non-hydrogen) atoms. The molecule has 2 rings (SSSR count). The molecule has 1 heterocycles. The van der Waals surface area contributed by atoms with E-state index in [1.807, 2.05) is 0 Å². The summed E-state index contributed by atoms with van der Waals surface area (Å²) in [5.41, 5.74) is 0.00687. The molecule has 0 unspecified atom stereocenters. The average Bonchev–Trinajstić information content (AvgIpc) is 2.63. The van der Waals surface area contributed by atoms with Crippen LogP contribution in [0, 0.1) is 0 Å². The third-order valence-electron chi connectivity index (χ3n) is 2.19. The summed E-state index contributed by atoms with van der Waals surface area (Å²) in [6.07, 6.45) is 1.33. The zero-order valence-electron chi connectivity index (χ0n) is 8.93. The maximum absolute atomic E-state index is 10.9. The highest BCUT2D eigenvalue weighted by Crippen LogP contribution is 2.23. The number of aromatic nitrogens is 1. The summed E-state index contributed by atoms with van der Waals surface area (Å²) in [7, 11) is 0. The number of aliphatic carboxylic acids is 1. The Kier molecular flexibility index (Phi) is 2.30. The van der Waals surface area contributed by atoms with E-state index in [-0.39, 0.29) is 0 Å². The molecule has 2 aromatic rings. The molecule has 0 fully saturated rings. The third-order valence-corrected chi connectivity index (χ3v) is 2.19. The lowest BCUT2D eigenvalue weighted by Gasteiger charge is -2.21. The van der Waals surface area contributed by atoms with Gasteiger partial charge < -0.3 is 14.3 Å². The van der Waals surface area contributed by atoms with Crippen molar-refractivity contribution in [2.24, 2.45) is 0 Å². The molecule has 0 atom stereocenters. The number of rotatable bonds is 3. The molecule has 0 radical (unpaired) electrons. The molecule has 84 valence electrons. The molecular weight excluding hydrogens is 210 g/mol. The van der Waals surface area contributed by atoms with Crippen molar-refractivity contribution >= 4 is 17.1 Å². The second kappa shape index (κ2) is 3.52. The highest BCUT2D eigenvalue weighted by atomic mass is 16.5. The van der Waals surface area contributed by atoms with E-state index in [0.29, 0.717) is 16.8 Å². The molecule has 1 N–H and O–H groups in total. The van der Waals surface area contributed by atoms with Crippen LogP contribution in [0.5, 0.6) is 5.75 Å². The fourth-order valence-electron chi connectivity index (χ4n) is 1.24. The standard InChI is InChI=1S/C11H11NO4/c1-11(2,10(13)14)16-7-3-4-8-9(5-7)15-6-12-8/h3-6H,1-2H3,(H,13,14). The number of nitrogens with zero attached hydrogens (tertiary/aromatic N) is 1. The molecule has 0 aliphatic heterocycles. The topological polar surface area (TPSA) is 72.6 Å². The molecule has 5 nitrogen and oxygen atoms in total. The number of carbonyl (C=O) groups is 1. The Bertz CT molecular complexity index is 530. The summed E-state index contributed by atoms with van der Waals surface area (Å²) < 4.78 is 10.4. The number of oxazole rings is 1. The zero-order valence-corrected chi connectivity index (χ0v) is 8.93. The minimum atomic E-state index is -1.27. The Balaban J connectivity index is 2.30. The Hall–Kier alpha value is -2.04. The number of hydrogen-bond acceptors (Lipinski definition) is 4. The van der Waals surface area contributed by atoms with Crippen LogP contribution in [0.2, 0.25) is 0 Å². The molecular formula is C11H11NO4. The fourth-order valence-corrected chi connectivity index (χ4v) is 1.24. The number of fused-ring (bicyclic) bond motifs is 1. The van der Waals surface area contributed by atoms with Crippen LogP contribution in [0.1, 0.15) is 13.8 Å². The summed E-state index contributed by atoms with van der Waals surface area (Å²) in [6, 6.07) is 4.99. The summed E-state index contributed by atoms with van der Waals surface area (Å²) in [5.74, 6) is -0.582. The summed E-state index contributed by atoms with van der Waals surface area (Å²) in [4.78, 5) is 14.8. The minimum absolute atomic E-state index is 0.441. The summed E-state index contributed by atoms with van der Waals surface area (Å²) in [6.45, 7) is 2.97. The van der Waals surface area contributed by atoms with Crippen molar-refractivity contribution in [2.45, 2.75) is 19.4 Å². The first-order chi connectivity index (χ1) is 7.49. The number of benzene rings is 1.